The minimum Gasteiger partial charge on any atom is -0.339 e. The molecule has 0 bridgehead atoms. The van der Waals surface area contributed by atoms with Gasteiger partial charge in [-0.1, -0.05) is 6.92 Å². The predicted molar refractivity (Wildman–Crippen MR) is 60.7 cm³/mol. The van der Waals surface area contributed by atoms with E-state index in [2.05, 4.69) is 41.0 Å². The number of nitrogens with one attached hydrogen (secondary N) is 2. The number of hydrogen-bond donors (Lipinski definition) is 2. The van der Waals surface area contributed by atoms with Crippen molar-refractivity contribution >= 4 is 11.2 Å². The molecule has 0 aliphatic heterocycles. The van der Waals surface area contributed by atoms with Gasteiger partial charge in [0.2, 0.25) is 0 Å². The molecule has 0 spiro atoms. The number of aryl methyl sites for hydroxylation is 1. The number of rotatable bonds is 3. The summed E-state index contributed by atoms with van der Waals surface area (Å²) in [5.41, 5.74) is 3.02. The van der Waals surface area contributed by atoms with E-state index in [9.17, 15) is 0 Å². The van der Waals surface area contributed by atoms with Gasteiger partial charge in [-0.3, -0.25) is 0 Å². The lowest BCUT2D eigenvalue weighted by atomic mass is 10.3. The van der Waals surface area contributed by atoms with Crippen molar-refractivity contribution in [3.8, 4) is 0 Å². The Balaban J connectivity index is 2.43. The van der Waals surface area contributed by atoms with Crippen LogP contribution in [0.2, 0.25) is 0 Å². The molecule has 0 fully saturated rings. The molecule has 0 aromatic carbocycles. The summed E-state index contributed by atoms with van der Waals surface area (Å²) >= 11 is 0. The van der Waals surface area contributed by atoms with Gasteiger partial charge in [-0.25, -0.2) is 9.97 Å². The van der Waals surface area contributed by atoms with E-state index in [1.807, 2.05) is 6.07 Å². The van der Waals surface area contributed by atoms with E-state index in [-0.39, 0.29) is 6.04 Å². The monoisotopic (exact) mass is 204 g/mol. The molecule has 2 rings (SSSR count). The van der Waals surface area contributed by atoms with E-state index >= 15 is 0 Å². The summed E-state index contributed by atoms with van der Waals surface area (Å²) in [6.45, 7) is 7.17. The molecule has 0 amide bonds. The normalized spacial score (nSPS) is 13.3. The Labute approximate surface area is 89.1 Å². The summed E-state index contributed by atoms with van der Waals surface area (Å²) in [5, 5.41) is 3.32. The molecule has 4 nitrogen and oxygen atoms in total. The van der Waals surface area contributed by atoms with Gasteiger partial charge in [0, 0.05) is 6.20 Å². The van der Waals surface area contributed by atoms with E-state index < -0.39 is 0 Å². The molecule has 4 heteroatoms. The number of fused-ring (bicyclic) bond motifs is 1. The van der Waals surface area contributed by atoms with Crippen LogP contribution < -0.4 is 5.32 Å². The summed E-state index contributed by atoms with van der Waals surface area (Å²) in [5.74, 6) is 0.952. The van der Waals surface area contributed by atoms with E-state index in [0.717, 1.165) is 23.5 Å². The standard InChI is InChI=1S/C11H16N4/c1-4-12-8(3)10-14-9-7(2)5-6-13-11(9)15-10/h5-6,8,12H,4H2,1-3H3,(H,13,14,15). The summed E-state index contributed by atoms with van der Waals surface area (Å²) in [4.78, 5) is 12.0. The smallest absolute Gasteiger partial charge is 0.178 e. The second-order valence-corrected chi connectivity index (χ2v) is 3.73. The molecular formula is C11H16N4. The van der Waals surface area contributed by atoms with Crippen LogP contribution in [0.4, 0.5) is 0 Å². The first kappa shape index (κ1) is 10.1. The van der Waals surface area contributed by atoms with Crippen LogP contribution >= 0.6 is 0 Å². The zero-order chi connectivity index (χ0) is 10.8. The molecular weight excluding hydrogens is 188 g/mol. The third-order valence-corrected chi connectivity index (χ3v) is 2.54. The quantitative estimate of drug-likeness (QED) is 0.803. The SMILES string of the molecule is CCNC(C)c1nc2nccc(C)c2[nH]1. The fourth-order valence-electron chi connectivity index (χ4n) is 1.66. The Morgan fingerprint density at radius 2 is 2.33 bits per heavy atom. The Kier molecular flexibility index (Phi) is 2.68. The van der Waals surface area contributed by atoms with Gasteiger partial charge >= 0.3 is 0 Å². The van der Waals surface area contributed by atoms with Gasteiger partial charge in [-0.15, -0.1) is 0 Å². The summed E-state index contributed by atoms with van der Waals surface area (Å²) in [6, 6.07) is 2.23. The minimum atomic E-state index is 0.239. The van der Waals surface area contributed by atoms with Crippen molar-refractivity contribution in [1.29, 1.82) is 0 Å². The van der Waals surface area contributed by atoms with Crippen LogP contribution in [0, 0.1) is 6.92 Å². The predicted octanol–water partition coefficient (Wildman–Crippen LogP) is 1.94. The molecule has 15 heavy (non-hydrogen) atoms. The number of nitrogens with zero attached hydrogens (tertiary/aromatic N) is 2. The molecule has 2 heterocycles. The molecule has 0 radical (unpaired) electrons. The lowest BCUT2D eigenvalue weighted by Gasteiger charge is -2.07. The van der Waals surface area contributed by atoms with Gasteiger partial charge in [0.1, 0.15) is 5.82 Å². The van der Waals surface area contributed by atoms with Gasteiger partial charge in [-0.2, -0.15) is 0 Å². The summed E-state index contributed by atoms with van der Waals surface area (Å²) in [7, 11) is 0. The van der Waals surface area contributed by atoms with Crippen LogP contribution in [0.5, 0.6) is 0 Å². The molecule has 1 atom stereocenters. The Morgan fingerprint density at radius 3 is 3.00 bits per heavy atom. The van der Waals surface area contributed by atoms with Crippen LogP contribution in [0.25, 0.3) is 11.2 Å². The number of imidazole rings is 1. The number of H-pyrrole nitrogens is 1. The summed E-state index contributed by atoms with van der Waals surface area (Å²) in [6.07, 6.45) is 1.79. The first-order chi connectivity index (χ1) is 7.22. The van der Waals surface area contributed by atoms with Crippen LogP contribution in [0.1, 0.15) is 31.3 Å². The highest BCUT2D eigenvalue weighted by Gasteiger charge is 2.10. The minimum absolute atomic E-state index is 0.239. The van der Waals surface area contributed by atoms with Crippen LogP contribution in [0.15, 0.2) is 12.3 Å². The fourth-order valence-corrected chi connectivity index (χ4v) is 1.66. The van der Waals surface area contributed by atoms with Crippen LogP contribution in [-0.2, 0) is 0 Å². The average molecular weight is 204 g/mol. The van der Waals surface area contributed by atoms with Gasteiger partial charge in [-0.05, 0) is 32.0 Å². The number of aromatic amines is 1. The van der Waals surface area contributed by atoms with Crippen molar-refractivity contribution in [2.75, 3.05) is 6.54 Å². The van der Waals surface area contributed by atoms with Crippen molar-refractivity contribution in [1.82, 2.24) is 20.3 Å². The van der Waals surface area contributed by atoms with E-state index in [0.29, 0.717) is 0 Å². The third-order valence-electron chi connectivity index (χ3n) is 2.54. The Hall–Kier alpha value is -1.42. The lowest BCUT2D eigenvalue weighted by Crippen LogP contribution is -2.18. The summed E-state index contributed by atoms with van der Waals surface area (Å²) < 4.78 is 0. The zero-order valence-electron chi connectivity index (χ0n) is 9.33. The molecule has 0 aliphatic rings. The lowest BCUT2D eigenvalue weighted by molar-refractivity contribution is 0.573. The fraction of sp³-hybridized carbons (Fsp3) is 0.455. The average Bonchev–Trinajstić information content (AvgIpc) is 2.63. The van der Waals surface area contributed by atoms with Gasteiger partial charge in [0.15, 0.2) is 5.65 Å². The molecule has 2 aromatic rings. The van der Waals surface area contributed by atoms with Gasteiger partial charge < -0.3 is 10.3 Å². The largest absolute Gasteiger partial charge is 0.339 e. The maximum absolute atomic E-state index is 4.46. The van der Waals surface area contributed by atoms with E-state index in [1.54, 1.807) is 6.20 Å². The highest BCUT2D eigenvalue weighted by atomic mass is 15.0. The number of aromatic nitrogens is 3. The zero-order valence-corrected chi connectivity index (χ0v) is 9.33. The maximum Gasteiger partial charge on any atom is 0.178 e. The highest BCUT2D eigenvalue weighted by Crippen LogP contribution is 2.16. The molecule has 80 valence electrons. The molecule has 2 aromatic heterocycles. The van der Waals surface area contributed by atoms with Crippen LogP contribution in [-0.4, -0.2) is 21.5 Å². The van der Waals surface area contributed by atoms with Crippen molar-refractivity contribution in [3.05, 3.63) is 23.7 Å². The second kappa shape index (κ2) is 3.98. The maximum atomic E-state index is 4.46. The number of pyridine rings is 1. The topological polar surface area (TPSA) is 53.6 Å². The van der Waals surface area contributed by atoms with Crippen LogP contribution in [0.3, 0.4) is 0 Å². The highest BCUT2D eigenvalue weighted by molar-refractivity contribution is 5.74. The van der Waals surface area contributed by atoms with Gasteiger partial charge in [0.05, 0.1) is 11.6 Å². The van der Waals surface area contributed by atoms with Gasteiger partial charge in [0.25, 0.3) is 0 Å². The third kappa shape index (κ3) is 1.85. The Morgan fingerprint density at radius 1 is 1.53 bits per heavy atom. The number of hydrogen-bond acceptors (Lipinski definition) is 3. The molecule has 2 N–H and O–H groups in total. The van der Waals surface area contributed by atoms with Crippen molar-refractivity contribution < 1.29 is 0 Å². The molecule has 0 aliphatic carbocycles. The Bertz CT molecular complexity index is 461. The molecule has 0 saturated heterocycles. The van der Waals surface area contributed by atoms with E-state index in [1.165, 1.54) is 5.56 Å². The van der Waals surface area contributed by atoms with Crippen molar-refractivity contribution in [2.24, 2.45) is 0 Å². The first-order valence-corrected chi connectivity index (χ1v) is 5.27. The molecule has 0 saturated carbocycles. The first-order valence-electron chi connectivity index (χ1n) is 5.27. The van der Waals surface area contributed by atoms with E-state index in [4.69, 9.17) is 0 Å². The second-order valence-electron chi connectivity index (χ2n) is 3.73. The van der Waals surface area contributed by atoms with Crippen molar-refractivity contribution in [3.63, 3.8) is 0 Å². The van der Waals surface area contributed by atoms with Crippen molar-refractivity contribution in [2.45, 2.75) is 26.8 Å². The molecule has 1 unspecified atom stereocenters.